The number of aryl methyl sites for hydroxylation is 2. The molecule has 0 radical (unpaired) electrons. The SMILES string of the molecule is Cc1ncc(NCCn2ccnn2)nc1C. The van der Waals surface area contributed by atoms with Crippen molar-refractivity contribution in [1.82, 2.24) is 25.0 Å². The van der Waals surface area contributed by atoms with Gasteiger partial charge in [-0.3, -0.25) is 9.67 Å². The lowest BCUT2D eigenvalue weighted by Gasteiger charge is -2.06. The van der Waals surface area contributed by atoms with Gasteiger partial charge < -0.3 is 5.32 Å². The Morgan fingerprint density at radius 3 is 2.88 bits per heavy atom. The summed E-state index contributed by atoms with van der Waals surface area (Å²) in [5.41, 5.74) is 1.91. The molecule has 2 aromatic rings. The number of aromatic nitrogens is 5. The molecule has 0 unspecified atom stereocenters. The van der Waals surface area contributed by atoms with Crippen LogP contribution in [-0.4, -0.2) is 31.5 Å². The standard InChI is InChI=1S/C10H14N6/c1-8-9(2)14-10(7-12-8)11-3-5-16-6-4-13-15-16/h4,6-7H,3,5H2,1-2H3,(H,11,14). The van der Waals surface area contributed by atoms with Crippen LogP contribution < -0.4 is 5.32 Å². The molecule has 84 valence electrons. The lowest BCUT2D eigenvalue weighted by Crippen LogP contribution is -2.12. The largest absolute Gasteiger partial charge is 0.367 e. The van der Waals surface area contributed by atoms with E-state index in [1.54, 1.807) is 17.1 Å². The fourth-order valence-corrected chi connectivity index (χ4v) is 1.28. The minimum Gasteiger partial charge on any atom is -0.367 e. The Balaban J connectivity index is 1.87. The second kappa shape index (κ2) is 4.69. The lowest BCUT2D eigenvalue weighted by molar-refractivity contribution is 0.608. The maximum atomic E-state index is 4.37. The summed E-state index contributed by atoms with van der Waals surface area (Å²) in [5.74, 6) is 0.795. The molecule has 0 atom stereocenters. The van der Waals surface area contributed by atoms with E-state index in [-0.39, 0.29) is 0 Å². The molecule has 0 bridgehead atoms. The quantitative estimate of drug-likeness (QED) is 0.822. The van der Waals surface area contributed by atoms with Crippen LogP contribution in [0.1, 0.15) is 11.4 Å². The summed E-state index contributed by atoms with van der Waals surface area (Å²) in [6, 6.07) is 0. The van der Waals surface area contributed by atoms with Crippen LogP contribution in [0.15, 0.2) is 18.6 Å². The van der Waals surface area contributed by atoms with Crippen LogP contribution >= 0.6 is 0 Å². The molecule has 1 N–H and O–H groups in total. The molecule has 0 amide bonds. The first-order chi connectivity index (χ1) is 7.75. The van der Waals surface area contributed by atoms with Crippen molar-refractivity contribution >= 4 is 5.82 Å². The van der Waals surface area contributed by atoms with Gasteiger partial charge in [0.1, 0.15) is 5.82 Å². The first-order valence-electron chi connectivity index (χ1n) is 5.14. The molecule has 2 heterocycles. The van der Waals surface area contributed by atoms with Crippen LogP contribution in [0.3, 0.4) is 0 Å². The van der Waals surface area contributed by atoms with Crippen molar-refractivity contribution in [3.63, 3.8) is 0 Å². The van der Waals surface area contributed by atoms with E-state index < -0.39 is 0 Å². The maximum absolute atomic E-state index is 4.37. The predicted molar refractivity (Wildman–Crippen MR) is 60.0 cm³/mol. The Labute approximate surface area is 93.7 Å². The fraction of sp³-hybridized carbons (Fsp3) is 0.400. The molecule has 0 saturated heterocycles. The van der Waals surface area contributed by atoms with Crippen LogP contribution in [0.5, 0.6) is 0 Å². The molecule has 2 rings (SSSR count). The minimum absolute atomic E-state index is 0.751. The summed E-state index contributed by atoms with van der Waals surface area (Å²) in [5, 5.41) is 10.8. The van der Waals surface area contributed by atoms with E-state index in [0.717, 1.165) is 30.3 Å². The summed E-state index contributed by atoms with van der Waals surface area (Å²) in [7, 11) is 0. The van der Waals surface area contributed by atoms with Crippen LogP contribution in [0.4, 0.5) is 5.82 Å². The fourth-order valence-electron chi connectivity index (χ4n) is 1.28. The average molecular weight is 218 g/mol. The van der Waals surface area contributed by atoms with Gasteiger partial charge >= 0.3 is 0 Å². The first kappa shape index (κ1) is 10.5. The molecular formula is C10H14N6. The van der Waals surface area contributed by atoms with E-state index in [9.17, 15) is 0 Å². The van der Waals surface area contributed by atoms with Gasteiger partial charge in [-0.2, -0.15) is 0 Å². The van der Waals surface area contributed by atoms with E-state index in [0.29, 0.717) is 0 Å². The lowest BCUT2D eigenvalue weighted by atomic mass is 10.3. The third kappa shape index (κ3) is 2.53. The summed E-state index contributed by atoms with van der Waals surface area (Å²) in [6.07, 6.45) is 5.23. The van der Waals surface area contributed by atoms with Gasteiger partial charge in [-0.1, -0.05) is 5.21 Å². The van der Waals surface area contributed by atoms with Gasteiger partial charge in [-0.05, 0) is 13.8 Å². The van der Waals surface area contributed by atoms with Gasteiger partial charge in [0.2, 0.25) is 0 Å². The molecular weight excluding hydrogens is 204 g/mol. The maximum Gasteiger partial charge on any atom is 0.144 e. The van der Waals surface area contributed by atoms with Crippen molar-refractivity contribution in [2.75, 3.05) is 11.9 Å². The Bertz CT molecular complexity index is 450. The second-order valence-electron chi connectivity index (χ2n) is 3.52. The first-order valence-corrected chi connectivity index (χ1v) is 5.14. The van der Waals surface area contributed by atoms with E-state index in [1.165, 1.54) is 0 Å². The van der Waals surface area contributed by atoms with E-state index in [2.05, 4.69) is 25.6 Å². The van der Waals surface area contributed by atoms with Gasteiger partial charge in [0.05, 0.1) is 30.3 Å². The molecule has 0 aromatic carbocycles. The molecule has 0 spiro atoms. The zero-order valence-electron chi connectivity index (χ0n) is 9.38. The minimum atomic E-state index is 0.751. The molecule has 6 heteroatoms. The molecule has 16 heavy (non-hydrogen) atoms. The van der Waals surface area contributed by atoms with E-state index in [1.807, 2.05) is 20.0 Å². The van der Waals surface area contributed by atoms with Crippen LogP contribution in [0.25, 0.3) is 0 Å². The van der Waals surface area contributed by atoms with Crippen LogP contribution in [0, 0.1) is 13.8 Å². The highest BCUT2D eigenvalue weighted by atomic mass is 15.4. The van der Waals surface area contributed by atoms with E-state index >= 15 is 0 Å². The number of hydrogen-bond donors (Lipinski definition) is 1. The highest BCUT2D eigenvalue weighted by molar-refractivity contribution is 5.32. The van der Waals surface area contributed by atoms with Crippen LogP contribution in [-0.2, 0) is 6.54 Å². The second-order valence-corrected chi connectivity index (χ2v) is 3.52. The van der Waals surface area contributed by atoms with Crippen molar-refractivity contribution < 1.29 is 0 Å². The van der Waals surface area contributed by atoms with E-state index in [4.69, 9.17) is 0 Å². The number of hydrogen-bond acceptors (Lipinski definition) is 5. The highest BCUT2D eigenvalue weighted by Crippen LogP contribution is 2.04. The van der Waals surface area contributed by atoms with Crippen molar-refractivity contribution in [2.24, 2.45) is 0 Å². The summed E-state index contributed by atoms with van der Waals surface area (Å²) >= 11 is 0. The topological polar surface area (TPSA) is 68.5 Å². The molecule has 2 aromatic heterocycles. The number of anilines is 1. The van der Waals surface area contributed by atoms with Crippen molar-refractivity contribution in [1.29, 1.82) is 0 Å². The molecule has 0 fully saturated rings. The smallest absolute Gasteiger partial charge is 0.144 e. The molecule has 6 nitrogen and oxygen atoms in total. The van der Waals surface area contributed by atoms with Crippen molar-refractivity contribution in [3.05, 3.63) is 30.0 Å². The van der Waals surface area contributed by atoms with Gasteiger partial charge in [-0.15, -0.1) is 5.10 Å². The summed E-state index contributed by atoms with van der Waals surface area (Å²) in [4.78, 5) is 8.61. The Morgan fingerprint density at radius 1 is 1.31 bits per heavy atom. The van der Waals surface area contributed by atoms with Gasteiger partial charge in [0.15, 0.2) is 0 Å². The van der Waals surface area contributed by atoms with Crippen molar-refractivity contribution in [2.45, 2.75) is 20.4 Å². The Hall–Kier alpha value is -1.98. The number of nitrogens with zero attached hydrogens (tertiary/aromatic N) is 5. The third-order valence-corrected chi connectivity index (χ3v) is 2.31. The zero-order chi connectivity index (χ0) is 11.4. The normalized spacial score (nSPS) is 10.4. The Morgan fingerprint density at radius 2 is 2.19 bits per heavy atom. The summed E-state index contributed by atoms with van der Waals surface area (Å²) < 4.78 is 1.77. The van der Waals surface area contributed by atoms with Gasteiger partial charge in [0.25, 0.3) is 0 Å². The third-order valence-electron chi connectivity index (χ3n) is 2.31. The number of rotatable bonds is 4. The van der Waals surface area contributed by atoms with Gasteiger partial charge in [-0.25, -0.2) is 4.98 Å². The number of nitrogens with one attached hydrogen (secondary N) is 1. The van der Waals surface area contributed by atoms with Crippen molar-refractivity contribution in [3.8, 4) is 0 Å². The van der Waals surface area contributed by atoms with Gasteiger partial charge in [0, 0.05) is 12.7 Å². The highest BCUT2D eigenvalue weighted by Gasteiger charge is 1.98. The van der Waals surface area contributed by atoms with Crippen LogP contribution in [0.2, 0.25) is 0 Å². The molecule has 0 aliphatic rings. The Kier molecular flexibility index (Phi) is 3.09. The summed E-state index contributed by atoms with van der Waals surface area (Å²) in [6.45, 7) is 5.40. The monoisotopic (exact) mass is 218 g/mol. The molecule has 0 aliphatic carbocycles. The predicted octanol–water partition coefficient (Wildman–Crippen LogP) is 0.797. The molecule has 0 aliphatic heterocycles. The molecule has 0 saturated carbocycles. The zero-order valence-corrected chi connectivity index (χ0v) is 9.38. The average Bonchev–Trinajstić information content (AvgIpc) is 2.76.